The quantitative estimate of drug-likeness (QED) is 0.913. The second-order valence-corrected chi connectivity index (χ2v) is 7.96. The Balaban J connectivity index is 1.67. The summed E-state index contributed by atoms with van der Waals surface area (Å²) in [5, 5.41) is 11.0. The Labute approximate surface area is 142 Å². The van der Waals surface area contributed by atoms with Gasteiger partial charge in [-0.1, -0.05) is 29.8 Å². The molecule has 0 bridgehead atoms. The van der Waals surface area contributed by atoms with Crippen molar-refractivity contribution in [2.75, 3.05) is 37.7 Å². The SMILES string of the molecule is Cc1cccc(CN2CCCC(O)(CN3CCSCC3)C2=O)c1. The van der Waals surface area contributed by atoms with Gasteiger partial charge < -0.3 is 10.0 Å². The van der Waals surface area contributed by atoms with E-state index < -0.39 is 5.60 Å². The van der Waals surface area contributed by atoms with Gasteiger partial charge in [-0.2, -0.15) is 11.8 Å². The zero-order valence-corrected chi connectivity index (χ0v) is 14.6. The molecule has 23 heavy (non-hydrogen) atoms. The van der Waals surface area contributed by atoms with Gasteiger partial charge in [0, 0.05) is 44.2 Å². The van der Waals surface area contributed by atoms with Crippen LogP contribution in [0.15, 0.2) is 24.3 Å². The Morgan fingerprint density at radius 2 is 2.04 bits per heavy atom. The molecule has 0 saturated carbocycles. The number of aliphatic hydroxyl groups is 1. The summed E-state index contributed by atoms with van der Waals surface area (Å²) >= 11 is 1.95. The molecule has 126 valence electrons. The third-order valence-electron chi connectivity index (χ3n) is 4.75. The number of carbonyl (C=O) groups excluding carboxylic acids is 1. The number of aryl methyl sites for hydroxylation is 1. The Morgan fingerprint density at radius 3 is 2.78 bits per heavy atom. The molecule has 0 aromatic heterocycles. The van der Waals surface area contributed by atoms with Gasteiger partial charge in [-0.05, 0) is 25.3 Å². The number of piperidine rings is 1. The number of amides is 1. The van der Waals surface area contributed by atoms with Crippen LogP contribution in [0.5, 0.6) is 0 Å². The van der Waals surface area contributed by atoms with E-state index in [0.29, 0.717) is 19.5 Å². The molecule has 1 atom stereocenters. The molecular formula is C18H26N2O2S. The van der Waals surface area contributed by atoms with Crippen LogP contribution in [0, 0.1) is 6.92 Å². The number of hydrogen-bond acceptors (Lipinski definition) is 4. The number of nitrogens with zero attached hydrogens (tertiary/aromatic N) is 2. The van der Waals surface area contributed by atoms with Crippen molar-refractivity contribution in [2.24, 2.45) is 0 Å². The highest BCUT2D eigenvalue weighted by Gasteiger charge is 2.43. The number of β-amino-alcohol motifs (C(OH)–C–C–N with tert-alkyl or cyclic N) is 1. The molecule has 4 nitrogen and oxygen atoms in total. The molecule has 1 aromatic rings. The van der Waals surface area contributed by atoms with Gasteiger partial charge in [0.2, 0.25) is 0 Å². The molecule has 3 rings (SSSR count). The largest absolute Gasteiger partial charge is 0.379 e. The highest BCUT2D eigenvalue weighted by molar-refractivity contribution is 7.99. The lowest BCUT2D eigenvalue weighted by atomic mass is 9.90. The Hall–Kier alpha value is -1.04. The molecule has 0 aliphatic carbocycles. The summed E-state index contributed by atoms with van der Waals surface area (Å²) in [6, 6.07) is 8.25. The van der Waals surface area contributed by atoms with Crippen LogP contribution in [0.2, 0.25) is 0 Å². The third kappa shape index (κ3) is 4.08. The number of carbonyl (C=O) groups is 1. The van der Waals surface area contributed by atoms with Crippen LogP contribution >= 0.6 is 11.8 Å². The van der Waals surface area contributed by atoms with Gasteiger partial charge in [-0.15, -0.1) is 0 Å². The average Bonchev–Trinajstić information content (AvgIpc) is 2.53. The maximum atomic E-state index is 12.9. The van der Waals surface area contributed by atoms with Crippen LogP contribution in [0.1, 0.15) is 24.0 Å². The molecular weight excluding hydrogens is 308 g/mol. The summed E-state index contributed by atoms with van der Waals surface area (Å²) in [6.07, 6.45) is 1.45. The third-order valence-corrected chi connectivity index (χ3v) is 5.69. The molecule has 2 aliphatic rings. The van der Waals surface area contributed by atoms with Gasteiger partial charge in [0.1, 0.15) is 0 Å². The number of hydrogen-bond donors (Lipinski definition) is 1. The molecule has 1 unspecified atom stereocenters. The lowest BCUT2D eigenvalue weighted by Gasteiger charge is -2.41. The number of likely N-dealkylation sites (tertiary alicyclic amines) is 1. The van der Waals surface area contributed by atoms with Crippen molar-refractivity contribution in [1.82, 2.24) is 9.80 Å². The van der Waals surface area contributed by atoms with Crippen molar-refractivity contribution in [2.45, 2.75) is 31.9 Å². The predicted octanol–water partition coefficient (Wildman–Crippen LogP) is 1.90. The monoisotopic (exact) mass is 334 g/mol. The lowest BCUT2D eigenvalue weighted by molar-refractivity contribution is -0.160. The average molecular weight is 334 g/mol. The topological polar surface area (TPSA) is 43.8 Å². The fourth-order valence-corrected chi connectivity index (χ4v) is 4.50. The van der Waals surface area contributed by atoms with Gasteiger partial charge in [-0.3, -0.25) is 9.69 Å². The highest BCUT2D eigenvalue weighted by atomic mass is 32.2. The van der Waals surface area contributed by atoms with Crippen molar-refractivity contribution >= 4 is 17.7 Å². The minimum atomic E-state index is -1.20. The second kappa shape index (κ2) is 7.24. The van der Waals surface area contributed by atoms with Crippen LogP contribution in [0.3, 0.4) is 0 Å². The maximum absolute atomic E-state index is 12.9. The van der Waals surface area contributed by atoms with Gasteiger partial charge in [0.25, 0.3) is 5.91 Å². The molecule has 0 spiro atoms. The zero-order valence-electron chi connectivity index (χ0n) is 13.8. The van der Waals surface area contributed by atoms with Crippen LogP contribution in [-0.4, -0.2) is 64.1 Å². The zero-order chi connectivity index (χ0) is 16.3. The highest BCUT2D eigenvalue weighted by Crippen LogP contribution is 2.26. The first kappa shape index (κ1) is 16.8. The molecule has 2 heterocycles. The molecule has 2 saturated heterocycles. The van der Waals surface area contributed by atoms with Crippen molar-refractivity contribution in [3.05, 3.63) is 35.4 Å². The predicted molar refractivity (Wildman–Crippen MR) is 94.5 cm³/mol. The van der Waals surface area contributed by atoms with Crippen molar-refractivity contribution < 1.29 is 9.90 Å². The van der Waals surface area contributed by atoms with Crippen molar-refractivity contribution in [1.29, 1.82) is 0 Å². The van der Waals surface area contributed by atoms with Gasteiger partial charge >= 0.3 is 0 Å². The van der Waals surface area contributed by atoms with E-state index in [0.717, 1.165) is 43.1 Å². The Morgan fingerprint density at radius 1 is 1.26 bits per heavy atom. The molecule has 5 heteroatoms. The van der Waals surface area contributed by atoms with E-state index in [9.17, 15) is 9.90 Å². The standard InChI is InChI=1S/C18H26N2O2S/c1-15-4-2-5-16(12-15)13-20-7-3-6-18(22,17(20)21)14-19-8-10-23-11-9-19/h2,4-5,12,22H,3,6-11,13-14H2,1H3. The van der Waals surface area contributed by atoms with Crippen LogP contribution in [0.4, 0.5) is 0 Å². The maximum Gasteiger partial charge on any atom is 0.256 e. The van der Waals surface area contributed by atoms with E-state index in [1.54, 1.807) is 0 Å². The minimum absolute atomic E-state index is 0.0940. The number of thioether (sulfide) groups is 1. The number of benzene rings is 1. The second-order valence-electron chi connectivity index (χ2n) is 6.74. The van der Waals surface area contributed by atoms with E-state index in [1.807, 2.05) is 22.7 Å². The first-order valence-electron chi connectivity index (χ1n) is 8.44. The fraction of sp³-hybridized carbons (Fsp3) is 0.611. The molecule has 0 radical (unpaired) electrons. The van der Waals surface area contributed by atoms with E-state index in [1.165, 1.54) is 5.56 Å². The van der Waals surface area contributed by atoms with Crippen LogP contribution < -0.4 is 0 Å². The molecule has 2 fully saturated rings. The molecule has 2 aliphatic heterocycles. The first-order valence-corrected chi connectivity index (χ1v) is 9.60. The van der Waals surface area contributed by atoms with E-state index in [-0.39, 0.29) is 5.91 Å². The van der Waals surface area contributed by atoms with Crippen molar-refractivity contribution in [3.8, 4) is 0 Å². The summed E-state index contributed by atoms with van der Waals surface area (Å²) < 4.78 is 0. The van der Waals surface area contributed by atoms with Crippen LogP contribution in [0.25, 0.3) is 0 Å². The van der Waals surface area contributed by atoms with Crippen LogP contribution in [-0.2, 0) is 11.3 Å². The minimum Gasteiger partial charge on any atom is -0.379 e. The smallest absolute Gasteiger partial charge is 0.256 e. The first-order chi connectivity index (χ1) is 11.1. The van der Waals surface area contributed by atoms with Gasteiger partial charge in [0.05, 0.1) is 0 Å². The molecule has 1 amide bonds. The lowest BCUT2D eigenvalue weighted by Crippen LogP contribution is -2.59. The molecule has 1 N–H and O–H groups in total. The van der Waals surface area contributed by atoms with Gasteiger partial charge in [-0.25, -0.2) is 0 Å². The van der Waals surface area contributed by atoms with Crippen molar-refractivity contribution in [3.63, 3.8) is 0 Å². The summed E-state index contributed by atoms with van der Waals surface area (Å²) in [6.45, 7) is 5.82. The fourth-order valence-electron chi connectivity index (χ4n) is 3.52. The van der Waals surface area contributed by atoms with Gasteiger partial charge in [0.15, 0.2) is 5.60 Å². The van der Waals surface area contributed by atoms with E-state index >= 15 is 0 Å². The summed E-state index contributed by atoms with van der Waals surface area (Å²) in [7, 11) is 0. The molecule has 1 aromatic carbocycles. The Bertz CT molecular complexity index is 560. The summed E-state index contributed by atoms with van der Waals surface area (Å²) in [5.41, 5.74) is 1.13. The normalized spacial score (nSPS) is 26.5. The summed E-state index contributed by atoms with van der Waals surface area (Å²) in [5.74, 6) is 2.10. The number of rotatable bonds is 4. The van der Waals surface area contributed by atoms with E-state index in [2.05, 4.69) is 30.0 Å². The Kier molecular flexibility index (Phi) is 5.29. The summed E-state index contributed by atoms with van der Waals surface area (Å²) in [4.78, 5) is 16.9. The van der Waals surface area contributed by atoms with E-state index in [4.69, 9.17) is 0 Å².